The number of piperidine rings is 1. The molecule has 0 saturated carbocycles. The summed E-state index contributed by atoms with van der Waals surface area (Å²) in [6.07, 6.45) is -0.654. The van der Waals surface area contributed by atoms with Crippen LogP contribution in [0.3, 0.4) is 0 Å². The van der Waals surface area contributed by atoms with Crippen LogP contribution in [0.5, 0.6) is 0 Å². The lowest BCUT2D eigenvalue weighted by Crippen LogP contribution is -2.42. The second-order valence-corrected chi connectivity index (χ2v) is 3.24. The van der Waals surface area contributed by atoms with Crippen LogP contribution in [0, 0.1) is 5.41 Å². The first-order chi connectivity index (χ1) is 4.65. The van der Waals surface area contributed by atoms with Crippen molar-refractivity contribution in [2.45, 2.75) is 26.2 Å². The molecular weight excluding hydrogens is 172 g/mol. The first-order valence-electron chi connectivity index (χ1n) is 3.64. The molecule has 1 aliphatic rings. The maximum absolute atomic E-state index is 12.3. The van der Waals surface area contributed by atoms with Gasteiger partial charge in [-0.15, -0.1) is 12.4 Å². The van der Waals surface area contributed by atoms with Gasteiger partial charge in [0.25, 0.3) is 0 Å². The van der Waals surface area contributed by atoms with Crippen LogP contribution in [-0.4, -0.2) is 19.5 Å². The van der Waals surface area contributed by atoms with Crippen LogP contribution in [0.15, 0.2) is 0 Å². The van der Waals surface area contributed by atoms with Crippen LogP contribution < -0.4 is 5.32 Å². The van der Waals surface area contributed by atoms with Crippen molar-refractivity contribution in [3.63, 3.8) is 0 Å². The predicted octanol–water partition coefficient (Wildman–Crippen LogP) is 2.06. The Morgan fingerprint density at radius 3 is 2.36 bits per heavy atom. The third kappa shape index (κ3) is 2.56. The van der Waals surface area contributed by atoms with E-state index < -0.39 is 11.8 Å². The van der Waals surface area contributed by atoms with Crippen molar-refractivity contribution < 1.29 is 8.78 Å². The summed E-state index contributed by atoms with van der Waals surface area (Å²) in [5.74, 6) is 0. The molecule has 1 unspecified atom stereocenters. The lowest BCUT2D eigenvalue weighted by Gasteiger charge is -2.32. The number of rotatable bonds is 1. The van der Waals surface area contributed by atoms with Gasteiger partial charge in [-0.25, -0.2) is 8.78 Å². The molecule has 1 atom stereocenters. The van der Waals surface area contributed by atoms with Gasteiger partial charge < -0.3 is 5.32 Å². The van der Waals surface area contributed by atoms with Gasteiger partial charge in [0, 0.05) is 12.0 Å². The van der Waals surface area contributed by atoms with E-state index in [2.05, 4.69) is 5.32 Å². The van der Waals surface area contributed by atoms with Crippen LogP contribution in [0.2, 0.25) is 0 Å². The molecule has 0 radical (unpaired) electrons. The fourth-order valence-corrected chi connectivity index (χ4v) is 1.27. The molecule has 0 aromatic rings. The van der Waals surface area contributed by atoms with Gasteiger partial charge in [0.1, 0.15) is 0 Å². The second kappa shape index (κ2) is 4.21. The fourth-order valence-electron chi connectivity index (χ4n) is 1.27. The highest BCUT2D eigenvalue weighted by Gasteiger charge is 2.35. The maximum atomic E-state index is 12.3. The van der Waals surface area contributed by atoms with Gasteiger partial charge >= 0.3 is 0 Å². The molecule has 1 aliphatic heterocycles. The number of nitrogens with one attached hydrogen (secondary N) is 1. The Morgan fingerprint density at radius 1 is 1.45 bits per heavy atom. The zero-order valence-electron chi connectivity index (χ0n) is 6.57. The number of hydrogen-bond acceptors (Lipinski definition) is 1. The highest BCUT2D eigenvalue weighted by molar-refractivity contribution is 5.85. The van der Waals surface area contributed by atoms with E-state index in [0.717, 1.165) is 13.0 Å². The summed E-state index contributed by atoms with van der Waals surface area (Å²) in [7, 11) is 0. The predicted molar refractivity (Wildman–Crippen MR) is 43.5 cm³/mol. The summed E-state index contributed by atoms with van der Waals surface area (Å²) in [4.78, 5) is 0. The number of hydrogen-bond donors (Lipinski definition) is 1. The Morgan fingerprint density at radius 2 is 2.09 bits per heavy atom. The van der Waals surface area contributed by atoms with Gasteiger partial charge in [0.05, 0.1) is 0 Å². The van der Waals surface area contributed by atoms with E-state index in [1.54, 1.807) is 6.92 Å². The van der Waals surface area contributed by atoms with Gasteiger partial charge in [0.2, 0.25) is 6.43 Å². The van der Waals surface area contributed by atoms with Gasteiger partial charge in [-0.05, 0) is 19.4 Å². The van der Waals surface area contributed by atoms with E-state index in [1.807, 2.05) is 0 Å². The van der Waals surface area contributed by atoms with Crippen molar-refractivity contribution in [1.82, 2.24) is 5.32 Å². The third-order valence-corrected chi connectivity index (χ3v) is 2.16. The summed E-state index contributed by atoms with van der Waals surface area (Å²) in [6.45, 7) is 3.00. The zero-order chi connectivity index (χ0) is 7.61. The molecule has 0 aromatic heterocycles. The number of alkyl halides is 2. The largest absolute Gasteiger partial charge is 0.316 e. The van der Waals surface area contributed by atoms with Crippen molar-refractivity contribution in [2.75, 3.05) is 13.1 Å². The van der Waals surface area contributed by atoms with Crippen molar-refractivity contribution in [3.8, 4) is 0 Å². The molecule has 11 heavy (non-hydrogen) atoms. The Hall–Kier alpha value is 0.110. The highest BCUT2D eigenvalue weighted by Crippen LogP contribution is 2.31. The van der Waals surface area contributed by atoms with Crippen molar-refractivity contribution in [3.05, 3.63) is 0 Å². The Bertz CT molecular complexity index is 113. The Balaban J connectivity index is 0.000001000. The van der Waals surface area contributed by atoms with Crippen LogP contribution in [0.1, 0.15) is 19.8 Å². The average molecular weight is 186 g/mol. The first kappa shape index (κ1) is 11.1. The normalized spacial score (nSPS) is 31.6. The molecule has 1 saturated heterocycles. The maximum Gasteiger partial charge on any atom is 0.245 e. The molecule has 0 aliphatic carbocycles. The molecule has 1 rings (SSSR count). The van der Waals surface area contributed by atoms with Crippen LogP contribution in [-0.2, 0) is 0 Å². The SMILES string of the molecule is CC1(C(F)F)CCCNC1.Cl. The van der Waals surface area contributed by atoms with Crippen molar-refractivity contribution in [2.24, 2.45) is 5.41 Å². The van der Waals surface area contributed by atoms with Crippen LogP contribution >= 0.6 is 12.4 Å². The lowest BCUT2D eigenvalue weighted by molar-refractivity contribution is -0.00837. The molecule has 0 aromatic carbocycles. The molecule has 68 valence electrons. The molecule has 1 fully saturated rings. The third-order valence-electron chi connectivity index (χ3n) is 2.16. The van der Waals surface area contributed by atoms with E-state index in [1.165, 1.54) is 0 Å². The minimum atomic E-state index is -2.18. The quantitative estimate of drug-likeness (QED) is 0.660. The van der Waals surface area contributed by atoms with E-state index in [0.29, 0.717) is 13.0 Å². The summed E-state index contributed by atoms with van der Waals surface area (Å²) >= 11 is 0. The molecule has 4 heteroatoms. The van der Waals surface area contributed by atoms with Crippen LogP contribution in [0.25, 0.3) is 0 Å². The smallest absolute Gasteiger partial charge is 0.245 e. The molecule has 0 bridgehead atoms. The summed E-state index contributed by atoms with van der Waals surface area (Å²) in [6, 6.07) is 0. The summed E-state index contributed by atoms with van der Waals surface area (Å²) < 4.78 is 24.5. The standard InChI is InChI=1S/C7H13F2N.ClH/c1-7(6(8)9)3-2-4-10-5-7;/h6,10H,2-5H2,1H3;1H. The van der Waals surface area contributed by atoms with Crippen molar-refractivity contribution >= 4 is 12.4 Å². The second-order valence-electron chi connectivity index (χ2n) is 3.24. The lowest BCUT2D eigenvalue weighted by atomic mass is 9.83. The summed E-state index contributed by atoms with van der Waals surface area (Å²) in [5, 5.41) is 2.98. The van der Waals surface area contributed by atoms with E-state index in [4.69, 9.17) is 0 Å². The zero-order valence-corrected chi connectivity index (χ0v) is 7.39. The van der Waals surface area contributed by atoms with Gasteiger partial charge in [-0.2, -0.15) is 0 Å². The van der Waals surface area contributed by atoms with Gasteiger partial charge in [-0.3, -0.25) is 0 Å². The summed E-state index contributed by atoms with van der Waals surface area (Å²) in [5.41, 5.74) is -0.766. The topological polar surface area (TPSA) is 12.0 Å². The minimum absolute atomic E-state index is 0. The van der Waals surface area contributed by atoms with E-state index >= 15 is 0 Å². The van der Waals surface area contributed by atoms with Crippen molar-refractivity contribution in [1.29, 1.82) is 0 Å². The number of halogens is 3. The molecule has 0 amide bonds. The van der Waals surface area contributed by atoms with E-state index in [-0.39, 0.29) is 12.4 Å². The van der Waals surface area contributed by atoms with Gasteiger partial charge in [0.15, 0.2) is 0 Å². The first-order valence-corrected chi connectivity index (χ1v) is 3.64. The Kier molecular flexibility index (Phi) is 4.26. The molecule has 1 nitrogen and oxygen atoms in total. The van der Waals surface area contributed by atoms with Gasteiger partial charge in [-0.1, -0.05) is 6.92 Å². The molecular formula is C7H14ClF2N. The monoisotopic (exact) mass is 185 g/mol. The van der Waals surface area contributed by atoms with E-state index in [9.17, 15) is 8.78 Å². The minimum Gasteiger partial charge on any atom is -0.316 e. The molecule has 1 N–H and O–H groups in total. The molecule has 1 heterocycles. The average Bonchev–Trinajstić information content (AvgIpc) is 1.89. The highest BCUT2D eigenvalue weighted by atomic mass is 35.5. The van der Waals surface area contributed by atoms with Crippen LogP contribution in [0.4, 0.5) is 8.78 Å². The fraction of sp³-hybridized carbons (Fsp3) is 1.00. The molecule has 0 spiro atoms. The Labute approximate surface area is 72.0 Å².